The molecule has 5 rings (SSSR count). The number of nitrogens with one attached hydrogen (secondary N) is 1. The molecule has 1 aliphatic rings. The third-order valence-electron chi connectivity index (χ3n) is 6.16. The van der Waals surface area contributed by atoms with E-state index in [0.29, 0.717) is 66.6 Å². The lowest BCUT2D eigenvalue weighted by molar-refractivity contribution is -0.116. The highest BCUT2D eigenvalue weighted by Crippen LogP contribution is 2.32. The highest BCUT2D eigenvalue weighted by Gasteiger charge is 2.29. The summed E-state index contributed by atoms with van der Waals surface area (Å²) in [6.07, 6.45) is 0.437. The minimum absolute atomic E-state index is 0.0743. The summed E-state index contributed by atoms with van der Waals surface area (Å²) in [7, 11) is 1.48. The number of aryl methyl sites for hydroxylation is 1. The molecule has 1 aliphatic heterocycles. The number of para-hydroxylation sites is 2. The quantitative estimate of drug-likeness (QED) is 0.414. The number of nitrogens with zero attached hydrogens (tertiary/aromatic N) is 3. The molecule has 1 saturated heterocycles. The molecule has 0 spiro atoms. The van der Waals surface area contributed by atoms with Crippen molar-refractivity contribution in [1.29, 1.82) is 0 Å². The van der Waals surface area contributed by atoms with Crippen molar-refractivity contribution < 1.29 is 27.7 Å². The number of methoxy groups -OCH3 is 1. The molecule has 2 aromatic carbocycles. The summed E-state index contributed by atoms with van der Waals surface area (Å²) in [6.45, 7) is 1.75. The third-order valence-corrected chi connectivity index (χ3v) is 6.16. The number of rotatable bonds is 7. The lowest BCUT2D eigenvalue weighted by atomic mass is 10.1. The zero-order valence-electron chi connectivity index (χ0n) is 19.7. The van der Waals surface area contributed by atoms with Gasteiger partial charge in [0.25, 0.3) is 11.8 Å². The maximum Gasteiger partial charge on any atom is 0.291 e. The van der Waals surface area contributed by atoms with Crippen LogP contribution in [0, 0.1) is 5.82 Å². The molecule has 4 aromatic rings. The van der Waals surface area contributed by atoms with Gasteiger partial charge in [0.1, 0.15) is 22.8 Å². The van der Waals surface area contributed by atoms with Crippen molar-refractivity contribution >= 4 is 34.2 Å². The average molecular weight is 493 g/mol. The van der Waals surface area contributed by atoms with Crippen LogP contribution in [0.3, 0.4) is 0 Å². The fourth-order valence-corrected chi connectivity index (χ4v) is 4.27. The van der Waals surface area contributed by atoms with Gasteiger partial charge in [0, 0.05) is 50.5 Å². The first kappa shape index (κ1) is 23.4. The van der Waals surface area contributed by atoms with Gasteiger partial charge in [-0.1, -0.05) is 24.3 Å². The second-order valence-electron chi connectivity index (χ2n) is 8.42. The first-order chi connectivity index (χ1) is 17.5. The molecule has 2 amide bonds. The summed E-state index contributed by atoms with van der Waals surface area (Å²) in [5, 5.41) is 7.22. The minimum atomic E-state index is -0.324. The maximum absolute atomic E-state index is 14.2. The van der Waals surface area contributed by atoms with Crippen molar-refractivity contribution in [3.63, 3.8) is 0 Å². The lowest BCUT2D eigenvalue weighted by Gasteiger charge is -2.35. The molecule has 186 valence electrons. The Labute approximate surface area is 206 Å². The standard InChI is InChI=1S/C26H25FN4O5/c1-34-23-16-17(36-29-23)10-11-22(32)28-24-18-6-2-5-9-21(18)35-25(24)26(33)31-14-12-30(13-15-31)20-8-4-3-7-19(20)27/h2-9,16H,10-15H2,1H3,(H,28,32). The number of fused-ring (bicyclic) bond motifs is 1. The molecule has 0 aliphatic carbocycles. The highest BCUT2D eigenvalue weighted by molar-refractivity contribution is 6.10. The first-order valence-corrected chi connectivity index (χ1v) is 11.6. The second kappa shape index (κ2) is 10.1. The molecule has 0 unspecified atom stereocenters. The summed E-state index contributed by atoms with van der Waals surface area (Å²) in [5.74, 6) is 0.0239. The maximum atomic E-state index is 14.2. The van der Waals surface area contributed by atoms with Crippen molar-refractivity contribution in [3.8, 4) is 5.88 Å². The Bertz CT molecular complexity index is 1390. The van der Waals surface area contributed by atoms with E-state index in [0.717, 1.165) is 0 Å². The molecule has 1 fully saturated rings. The smallest absolute Gasteiger partial charge is 0.291 e. The van der Waals surface area contributed by atoms with Gasteiger partial charge in [0.2, 0.25) is 11.7 Å². The number of anilines is 2. The van der Waals surface area contributed by atoms with E-state index in [1.54, 1.807) is 47.4 Å². The Morgan fingerprint density at radius 1 is 1.08 bits per heavy atom. The van der Waals surface area contributed by atoms with Crippen molar-refractivity contribution in [3.05, 3.63) is 71.9 Å². The van der Waals surface area contributed by atoms with E-state index in [9.17, 15) is 14.0 Å². The van der Waals surface area contributed by atoms with Crippen LogP contribution in [-0.4, -0.2) is 55.2 Å². The molecule has 10 heteroatoms. The summed E-state index contributed by atoms with van der Waals surface area (Å²) in [5.41, 5.74) is 1.36. The normalized spacial score (nSPS) is 13.7. The molecule has 0 radical (unpaired) electrons. The van der Waals surface area contributed by atoms with E-state index in [1.165, 1.54) is 13.2 Å². The van der Waals surface area contributed by atoms with E-state index >= 15 is 0 Å². The highest BCUT2D eigenvalue weighted by atomic mass is 19.1. The molecule has 0 atom stereocenters. The first-order valence-electron chi connectivity index (χ1n) is 11.6. The van der Waals surface area contributed by atoms with Crippen LogP contribution in [0.5, 0.6) is 5.88 Å². The molecule has 3 heterocycles. The SMILES string of the molecule is COc1cc(CCC(=O)Nc2c(C(=O)N3CCN(c4ccccc4F)CC3)oc3ccccc23)on1. The number of amides is 2. The number of ether oxygens (including phenoxy) is 1. The van der Waals surface area contributed by atoms with Gasteiger partial charge >= 0.3 is 0 Å². The molecule has 9 nitrogen and oxygen atoms in total. The topological polar surface area (TPSA) is 101 Å². The lowest BCUT2D eigenvalue weighted by Crippen LogP contribution is -2.49. The zero-order valence-corrected chi connectivity index (χ0v) is 19.7. The Morgan fingerprint density at radius 2 is 1.83 bits per heavy atom. The fraction of sp³-hybridized carbons (Fsp3) is 0.269. The molecule has 0 saturated carbocycles. The summed E-state index contributed by atoms with van der Waals surface area (Å²) in [6, 6.07) is 15.4. The monoisotopic (exact) mass is 492 g/mol. The van der Waals surface area contributed by atoms with Gasteiger partial charge < -0.3 is 28.8 Å². The number of benzene rings is 2. The van der Waals surface area contributed by atoms with Gasteiger partial charge in [-0.2, -0.15) is 0 Å². The predicted octanol–water partition coefficient (Wildman–Crippen LogP) is 4.10. The molecular weight excluding hydrogens is 467 g/mol. The number of hydrogen-bond acceptors (Lipinski definition) is 7. The van der Waals surface area contributed by atoms with Crippen LogP contribution in [0.2, 0.25) is 0 Å². The number of hydrogen-bond donors (Lipinski definition) is 1. The van der Waals surface area contributed by atoms with Crippen LogP contribution in [0.25, 0.3) is 11.0 Å². The van der Waals surface area contributed by atoms with Crippen LogP contribution in [0.4, 0.5) is 15.8 Å². The van der Waals surface area contributed by atoms with E-state index in [4.69, 9.17) is 13.7 Å². The predicted molar refractivity (Wildman–Crippen MR) is 131 cm³/mol. The molecule has 0 bridgehead atoms. The Hall–Kier alpha value is -4.34. The zero-order chi connectivity index (χ0) is 25.1. The second-order valence-corrected chi connectivity index (χ2v) is 8.42. The summed E-state index contributed by atoms with van der Waals surface area (Å²) >= 11 is 0. The summed E-state index contributed by atoms with van der Waals surface area (Å²) in [4.78, 5) is 29.8. The average Bonchev–Trinajstić information content (AvgIpc) is 3.52. The van der Waals surface area contributed by atoms with Gasteiger partial charge in [0.05, 0.1) is 12.8 Å². The van der Waals surface area contributed by atoms with Gasteiger partial charge in [-0.25, -0.2) is 4.39 Å². The van der Waals surface area contributed by atoms with Gasteiger partial charge in [-0.05, 0) is 29.4 Å². The number of carbonyl (C=O) groups excluding carboxylic acids is 2. The molecule has 36 heavy (non-hydrogen) atoms. The largest absolute Gasteiger partial charge is 0.479 e. The van der Waals surface area contributed by atoms with Crippen LogP contribution in [0.1, 0.15) is 22.7 Å². The third kappa shape index (κ3) is 4.74. The van der Waals surface area contributed by atoms with Gasteiger partial charge in [-0.3, -0.25) is 9.59 Å². The number of halogens is 1. The van der Waals surface area contributed by atoms with Crippen LogP contribution >= 0.6 is 0 Å². The number of aromatic nitrogens is 1. The Morgan fingerprint density at radius 3 is 2.58 bits per heavy atom. The van der Waals surface area contributed by atoms with Crippen molar-refractivity contribution in [1.82, 2.24) is 10.1 Å². The minimum Gasteiger partial charge on any atom is -0.479 e. The fourth-order valence-electron chi connectivity index (χ4n) is 4.27. The molecule has 1 N–H and O–H groups in total. The van der Waals surface area contributed by atoms with Gasteiger partial charge in [-0.15, -0.1) is 0 Å². The van der Waals surface area contributed by atoms with Gasteiger partial charge in [0.15, 0.2) is 0 Å². The van der Waals surface area contributed by atoms with E-state index in [1.807, 2.05) is 11.0 Å². The van der Waals surface area contributed by atoms with Crippen LogP contribution in [-0.2, 0) is 11.2 Å². The van der Waals surface area contributed by atoms with E-state index in [-0.39, 0.29) is 29.8 Å². The number of carbonyl (C=O) groups is 2. The van der Waals surface area contributed by atoms with Crippen molar-refractivity contribution in [2.24, 2.45) is 0 Å². The van der Waals surface area contributed by atoms with Crippen LogP contribution in [0.15, 0.2) is 63.5 Å². The van der Waals surface area contributed by atoms with Crippen molar-refractivity contribution in [2.75, 3.05) is 43.5 Å². The number of piperazine rings is 1. The molecular formula is C26H25FN4O5. The van der Waals surface area contributed by atoms with E-state index in [2.05, 4.69) is 10.5 Å². The Balaban J connectivity index is 1.30. The van der Waals surface area contributed by atoms with Crippen LogP contribution < -0.4 is 15.0 Å². The van der Waals surface area contributed by atoms with E-state index < -0.39 is 0 Å². The number of furan rings is 1. The summed E-state index contributed by atoms with van der Waals surface area (Å²) < 4.78 is 30.2. The molecule has 2 aromatic heterocycles. The Kier molecular flexibility index (Phi) is 6.57. The van der Waals surface area contributed by atoms with Crippen molar-refractivity contribution in [2.45, 2.75) is 12.8 Å².